The summed E-state index contributed by atoms with van der Waals surface area (Å²) in [5, 5.41) is 3.50. The molecule has 0 fully saturated rings. The SMILES string of the molecule is O=C(Cc1ccc2c(c1)OCO2)Nc1ccc(Cl)cc1C(=O)c1ccccc1Cl. The Kier molecular flexibility index (Phi) is 5.43. The Bertz CT molecular complexity index is 1110. The average molecular weight is 428 g/mol. The molecular formula is C22H15Cl2NO4. The Labute approximate surface area is 177 Å². The second-order valence-electron chi connectivity index (χ2n) is 6.41. The maximum Gasteiger partial charge on any atom is 0.231 e. The first kappa shape index (κ1) is 19.3. The molecule has 3 aromatic rings. The van der Waals surface area contributed by atoms with Crippen molar-refractivity contribution in [3.8, 4) is 11.5 Å². The predicted octanol–water partition coefficient (Wildman–Crippen LogP) is 5.13. The zero-order valence-corrected chi connectivity index (χ0v) is 16.6. The number of amides is 1. The average Bonchev–Trinajstić information content (AvgIpc) is 3.17. The highest BCUT2D eigenvalue weighted by molar-refractivity contribution is 6.36. The minimum absolute atomic E-state index is 0.110. The quantitative estimate of drug-likeness (QED) is 0.572. The maximum absolute atomic E-state index is 13.0. The minimum atomic E-state index is -0.323. The normalized spacial score (nSPS) is 11.9. The van der Waals surface area contributed by atoms with Crippen LogP contribution >= 0.6 is 23.2 Å². The van der Waals surface area contributed by atoms with Crippen molar-refractivity contribution in [2.24, 2.45) is 0 Å². The first-order valence-electron chi connectivity index (χ1n) is 8.78. The van der Waals surface area contributed by atoms with Gasteiger partial charge < -0.3 is 14.8 Å². The van der Waals surface area contributed by atoms with Gasteiger partial charge in [-0.25, -0.2) is 0 Å². The lowest BCUT2D eigenvalue weighted by atomic mass is 10.0. The highest BCUT2D eigenvalue weighted by Crippen LogP contribution is 2.33. The van der Waals surface area contributed by atoms with Gasteiger partial charge in [-0.1, -0.05) is 41.4 Å². The molecule has 0 saturated carbocycles. The van der Waals surface area contributed by atoms with Crippen LogP contribution in [-0.4, -0.2) is 18.5 Å². The Morgan fingerprint density at radius 2 is 1.69 bits per heavy atom. The number of anilines is 1. The number of hydrogen-bond donors (Lipinski definition) is 1. The molecule has 0 atom stereocenters. The molecule has 7 heteroatoms. The molecule has 0 aliphatic carbocycles. The molecule has 0 aromatic heterocycles. The Morgan fingerprint density at radius 3 is 2.52 bits per heavy atom. The number of rotatable bonds is 5. The van der Waals surface area contributed by atoms with Gasteiger partial charge in [-0.15, -0.1) is 0 Å². The molecule has 5 nitrogen and oxygen atoms in total. The van der Waals surface area contributed by atoms with Crippen LogP contribution in [0.25, 0.3) is 0 Å². The Balaban J connectivity index is 1.56. The highest BCUT2D eigenvalue weighted by atomic mass is 35.5. The summed E-state index contributed by atoms with van der Waals surface area (Å²) in [6.45, 7) is 0.170. The number of carbonyl (C=O) groups excluding carboxylic acids is 2. The van der Waals surface area contributed by atoms with Gasteiger partial charge in [-0.2, -0.15) is 0 Å². The van der Waals surface area contributed by atoms with E-state index in [1.807, 2.05) is 0 Å². The van der Waals surface area contributed by atoms with Gasteiger partial charge >= 0.3 is 0 Å². The number of nitrogens with one attached hydrogen (secondary N) is 1. The van der Waals surface area contributed by atoms with Gasteiger partial charge in [0, 0.05) is 16.1 Å². The van der Waals surface area contributed by atoms with Crippen molar-refractivity contribution in [2.45, 2.75) is 6.42 Å². The molecule has 3 aromatic carbocycles. The summed E-state index contributed by atoms with van der Waals surface area (Å²) in [5.41, 5.74) is 1.73. The van der Waals surface area contributed by atoms with Gasteiger partial charge in [0.2, 0.25) is 12.7 Å². The molecule has 146 valence electrons. The maximum atomic E-state index is 13.0. The number of carbonyl (C=O) groups is 2. The third-order valence-electron chi connectivity index (χ3n) is 4.42. The lowest BCUT2D eigenvalue weighted by Crippen LogP contribution is -2.17. The van der Waals surface area contributed by atoms with Gasteiger partial charge in [0.25, 0.3) is 0 Å². The van der Waals surface area contributed by atoms with Crippen LogP contribution in [-0.2, 0) is 11.2 Å². The summed E-state index contributed by atoms with van der Waals surface area (Å²) in [6, 6.07) is 16.8. The number of ether oxygens (including phenoxy) is 2. The van der Waals surface area contributed by atoms with E-state index in [0.29, 0.717) is 32.8 Å². The summed E-state index contributed by atoms with van der Waals surface area (Å²) >= 11 is 12.2. The van der Waals surface area contributed by atoms with Crippen LogP contribution in [0.4, 0.5) is 5.69 Å². The monoisotopic (exact) mass is 427 g/mol. The zero-order valence-electron chi connectivity index (χ0n) is 15.1. The smallest absolute Gasteiger partial charge is 0.231 e. The third-order valence-corrected chi connectivity index (χ3v) is 4.99. The Hall–Kier alpha value is -3.02. The summed E-state index contributed by atoms with van der Waals surface area (Å²) in [4.78, 5) is 25.6. The van der Waals surface area contributed by atoms with E-state index in [1.165, 1.54) is 6.07 Å². The molecule has 1 aliphatic rings. The topological polar surface area (TPSA) is 64.6 Å². The fraction of sp³-hybridized carbons (Fsp3) is 0.0909. The highest BCUT2D eigenvalue weighted by Gasteiger charge is 2.19. The molecular weight excluding hydrogens is 413 g/mol. The van der Waals surface area contributed by atoms with Crippen LogP contribution < -0.4 is 14.8 Å². The van der Waals surface area contributed by atoms with Crippen molar-refractivity contribution >= 4 is 40.6 Å². The molecule has 0 saturated heterocycles. The van der Waals surface area contributed by atoms with E-state index < -0.39 is 0 Å². The first-order valence-corrected chi connectivity index (χ1v) is 9.54. The van der Waals surface area contributed by atoms with E-state index in [4.69, 9.17) is 32.7 Å². The summed E-state index contributed by atoms with van der Waals surface area (Å²) in [7, 11) is 0. The molecule has 1 heterocycles. The largest absolute Gasteiger partial charge is 0.454 e. The zero-order chi connectivity index (χ0) is 20.4. The second-order valence-corrected chi connectivity index (χ2v) is 7.26. The third kappa shape index (κ3) is 4.21. The van der Waals surface area contributed by atoms with Crippen molar-refractivity contribution in [2.75, 3.05) is 12.1 Å². The van der Waals surface area contributed by atoms with Crippen molar-refractivity contribution < 1.29 is 19.1 Å². The summed E-state index contributed by atoms with van der Waals surface area (Å²) in [5.74, 6) is 0.659. The Morgan fingerprint density at radius 1 is 0.897 bits per heavy atom. The van der Waals surface area contributed by atoms with Crippen molar-refractivity contribution in [3.63, 3.8) is 0 Å². The molecule has 4 rings (SSSR count). The standard InChI is InChI=1S/C22H15Cl2NO4/c23-14-6-7-18(16(11-14)22(27)15-3-1-2-4-17(15)24)25-21(26)10-13-5-8-19-20(9-13)29-12-28-19/h1-9,11H,10,12H2,(H,25,26). The molecule has 1 amide bonds. The van der Waals surface area contributed by atoms with Gasteiger partial charge in [0.15, 0.2) is 17.3 Å². The molecule has 1 aliphatic heterocycles. The predicted molar refractivity (Wildman–Crippen MR) is 111 cm³/mol. The van der Waals surface area contributed by atoms with E-state index in [2.05, 4.69) is 5.32 Å². The minimum Gasteiger partial charge on any atom is -0.454 e. The number of halogens is 2. The van der Waals surface area contributed by atoms with E-state index in [1.54, 1.807) is 54.6 Å². The van der Waals surface area contributed by atoms with Gasteiger partial charge in [-0.3, -0.25) is 9.59 Å². The molecule has 1 N–H and O–H groups in total. The van der Waals surface area contributed by atoms with Crippen LogP contribution in [0.5, 0.6) is 11.5 Å². The van der Waals surface area contributed by atoms with Crippen LogP contribution in [0.15, 0.2) is 60.7 Å². The second kappa shape index (κ2) is 8.15. The lowest BCUT2D eigenvalue weighted by molar-refractivity contribution is -0.115. The molecule has 0 unspecified atom stereocenters. The number of benzene rings is 3. The summed E-state index contributed by atoms with van der Waals surface area (Å²) < 4.78 is 10.6. The fourth-order valence-electron chi connectivity index (χ4n) is 3.03. The lowest BCUT2D eigenvalue weighted by Gasteiger charge is -2.12. The number of hydrogen-bond acceptors (Lipinski definition) is 4. The van der Waals surface area contributed by atoms with E-state index in [9.17, 15) is 9.59 Å². The molecule has 29 heavy (non-hydrogen) atoms. The van der Waals surface area contributed by atoms with Crippen LogP contribution in [0.3, 0.4) is 0 Å². The van der Waals surface area contributed by atoms with Gasteiger partial charge in [0.1, 0.15) is 0 Å². The van der Waals surface area contributed by atoms with Crippen LogP contribution in [0.2, 0.25) is 10.0 Å². The van der Waals surface area contributed by atoms with Crippen LogP contribution in [0.1, 0.15) is 21.5 Å². The van der Waals surface area contributed by atoms with E-state index in [-0.39, 0.29) is 30.5 Å². The first-order chi connectivity index (χ1) is 14.0. The number of ketones is 1. The van der Waals surface area contributed by atoms with E-state index >= 15 is 0 Å². The van der Waals surface area contributed by atoms with Crippen molar-refractivity contribution in [3.05, 3.63) is 87.4 Å². The van der Waals surface area contributed by atoms with Crippen molar-refractivity contribution in [1.82, 2.24) is 0 Å². The molecule has 0 radical (unpaired) electrons. The molecule has 0 bridgehead atoms. The van der Waals surface area contributed by atoms with Gasteiger partial charge in [-0.05, 0) is 48.0 Å². The molecule has 0 spiro atoms. The number of fused-ring (bicyclic) bond motifs is 1. The van der Waals surface area contributed by atoms with E-state index in [0.717, 1.165) is 5.56 Å². The summed E-state index contributed by atoms with van der Waals surface area (Å²) in [6.07, 6.45) is 0.110. The van der Waals surface area contributed by atoms with Crippen LogP contribution in [0, 0.1) is 0 Å². The fourth-order valence-corrected chi connectivity index (χ4v) is 3.43. The van der Waals surface area contributed by atoms with Gasteiger partial charge in [0.05, 0.1) is 17.1 Å². The van der Waals surface area contributed by atoms with Crippen molar-refractivity contribution in [1.29, 1.82) is 0 Å².